The van der Waals surface area contributed by atoms with Crippen LogP contribution >= 0.6 is 0 Å². The Labute approximate surface area is 98.0 Å². The molecule has 0 amide bonds. The van der Waals surface area contributed by atoms with E-state index in [0.717, 1.165) is 25.4 Å². The monoisotopic (exact) mass is 225 g/mol. The summed E-state index contributed by atoms with van der Waals surface area (Å²) in [4.78, 5) is 4.50. The fourth-order valence-electron chi connectivity index (χ4n) is 1.71. The number of hydrogen-bond acceptors (Lipinski definition) is 4. The third-order valence-corrected chi connectivity index (χ3v) is 2.61. The van der Waals surface area contributed by atoms with Crippen LogP contribution in [0.2, 0.25) is 0 Å². The maximum atomic E-state index is 5.59. The van der Waals surface area contributed by atoms with Crippen molar-refractivity contribution in [2.45, 2.75) is 19.5 Å². The minimum Gasteiger partial charge on any atom is -0.468 e. The van der Waals surface area contributed by atoms with Crippen molar-refractivity contribution in [2.75, 3.05) is 34.2 Å². The molecule has 0 fully saturated rings. The molecule has 0 aliphatic rings. The van der Waals surface area contributed by atoms with Crippen LogP contribution in [0.1, 0.15) is 17.7 Å². The predicted molar refractivity (Wildman–Crippen MR) is 66.1 cm³/mol. The van der Waals surface area contributed by atoms with E-state index >= 15 is 0 Å². The van der Waals surface area contributed by atoms with Crippen molar-refractivity contribution < 1.29 is 4.42 Å². The largest absolute Gasteiger partial charge is 0.468 e. The van der Waals surface area contributed by atoms with Crippen LogP contribution in [0.25, 0.3) is 0 Å². The Morgan fingerprint density at radius 3 is 2.62 bits per heavy atom. The Bertz CT molecular complexity index is 296. The average molecular weight is 225 g/mol. The van der Waals surface area contributed by atoms with Crippen molar-refractivity contribution in [2.24, 2.45) is 5.73 Å². The van der Waals surface area contributed by atoms with Crippen LogP contribution in [0.15, 0.2) is 16.7 Å². The molecule has 1 rings (SSSR count). The summed E-state index contributed by atoms with van der Waals surface area (Å²) < 4.78 is 5.30. The minimum atomic E-state index is 0.480. The topological polar surface area (TPSA) is 45.6 Å². The Hall–Kier alpha value is -0.840. The summed E-state index contributed by atoms with van der Waals surface area (Å²) in [5.74, 6) is 0.902. The van der Waals surface area contributed by atoms with Gasteiger partial charge in [-0.15, -0.1) is 0 Å². The first-order chi connectivity index (χ1) is 7.63. The molecule has 16 heavy (non-hydrogen) atoms. The van der Waals surface area contributed by atoms with E-state index in [0.29, 0.717) is 6.54 Å². The van der Waals surface area contributed by atoms with Crippen molar-refractivity contribution in [3.05, 3.63) is 23.7 Å². The van der Waals surface area contributed by atoms with E-state index in [-0.39, 0.29) is 0 Å². The molecular weight excluding hydrogens is 202 g/mol. The first kappa shape index (κ1) is 13.2. The maximum absolute atomic E-state index is 5.59. The van der Waals surface area contributed by atoms with Crippen LogP contribution in [-0.4, -0.2) is 44.0 Å². The second-order valence-electron chi connectivity index (χ2n) is 4.47. The van der Waals surface area contributed by atoms with Gasteiger partial charge in [0.2, 0.25) is 0 Å². The molecule has 4 nitrogen and oxygen atoms in total. The molecule has 1 heterocycles. The van der Waals surface area contributed by atoms with Gasteiger partial charge in [0.15, 0.2) is 0 Å². The molecule has 0 atom stereocenters. The van der Waals surface area contributed by atoms with Crippen LogP contribution in [0, 0.1) is 0 Å². The van der Waals surface area contributed by atoms with E-state index in [2.05, 4.69) is 30.9 Å². The SMILES string of the molecule is CN(C)CCCN(C)Cc1ccoc1CN. The average Bonchev–Trinajstić information content (AvgIpc) is 2.64. The Morgan fingerprint density at radius 1 is 1.25 bits per heavy atom. The molecule has 1 aromatic heterocycles. The molecule has 0 saturated carbocycles. The summed E-state index contributed by atoms with van der Waals surface area (Å²) in [5.41, 5.74) is 6.80. The first-order valence-electron chi connectivity index (χ1n) is 5.72. The zero-order valence-corrected chi connectivity index (χ0v) is 10.6. The molecule has 0 unspecified atom stereocenters. The lowest BCUT2D eigenvalue weighted by Crippen LogP contribution is -2.23. The van der Waals surface area contributed by atoms with Gasteiger partial charge in [-0.1, -0.05) is 0 Å². The summed E-state index contributed by atoms with van der Waals surface area (Å²) in [6, 6.07) is 2.00. The van der Waals surface area contributed by atoms with E-state index in [9.17, 15) is 0 Å². The van der Waals surface area contributed by atoms with Gasteiger partial charge in [0, 0.05) is 12.1 Å². The van der Waals surface area contributed by atoms with E-state index < -0.39 is 0 Å². The van der Waals surface area contributed by atoms with Crippen molar-refractivity contribution in [1.82, 2.24) is 9.80 Å². The Morgan fingerprint density at radius 2 is 2.00 bits per heavy atom. The molecule has 0 aromatic carbocycles. The van der Waals surface area contributed by atoms with Gasteiger partial charge in [-0.05, 0) is 46.7 Å². The summed E-state index contributed by atoms with van der Waals surface area (Å²) in [5, 5.41) is 0. The highest BCUT2D eigenvalue weighted by Gasteiger charge is 2.07. The highest BCUT2D eigenvalue weighted by molar-refractivity contribution is 5.16. The third kappa shape index (κ3) is 4.35. The van der Waals surface area contributed by atoms with Crippen molar-refractivity contribution in [3.63, 3.8) is 0 Å². The van der Waals surface area contributed by atoms with Crippen LogP contribution in [0.4, 0.5) is 0 Å². The number of nitrogens with zero attached hydrogens (tertiary/aromatic N) is 2. The van der Waals surface area contributed by atoms with E-state index in [1.807, 2.05) is 6.07 Å². The molecule has 4 heteroatoms. The highest BCUT2D eigenvalue weighted by Crippen LogP contribution is 2.11. The number of rotatable bonds is 7. The van der Waals surface area contributed by atoms with Crippen LogP contribution in [-0.2, 0) is 13.1 Å². The van der Waals surface area contributed by atoms with Crippen LogP contribution in [0.3, 0.4) is 0 Å². The van der Waals surface area contributed by atoms with Gasteiger partial charge in [0.05, 0.1) is 12.8 Å². The van der Waals surface area contributed by atoms with Crippen LogP contribution in [0.5, 0.6) is 0 Å². The predicted octanol–water partition coefficient (Wildman–Crippen LogP) is 1.12. The molecule has 0 radical (unpaired) electrons. The maximum Gasteiger partial charge on any atom is 0.121 e. The third-order valence-electron chi connectivity index (χ3n) is 2.61. The van der Waals surface area contributed by atoms with Crippen molar-refractivity contribution in [1.29, 1.82) is 0 Å². The normalized spacial score (nSPS) is 11.6. The second-order valence-corrected chi connectivity index (χ2v) is 4.47. The van der Waals surface area contributed by atoms with Gasteiger partial charge < -0.3 is 20.0 Å². The number of nitrogens with two attached hydrogens (primary N) is 1. The second kappa shape index (κ2) is 6.68. The van der Waals surface area contributed by atoms with E-state index in [1.165, 1.54) is 12.0 Å². The van der Waals surface area contributed by atoms with Gasteiger partial charge in [0.1, 0.15) is 5.76 Å². The number of furan rings is 1. The summed E-state index contributed by atoms with van der Waals surface area (Å²) >= 11 is 0. The zero-order chi connectivity index (χ0) is 12.0. The van der Waals surface area contributed by atoms with Crippen LogP contribution < -0.4 is 5.73 Å². The summed E-state index contributed by atoms with van der Waals surface area (Å²) in [6.45, 7) is 3.61. The fraction of sp³-hybridized carbons (Fsp3) is 0.667. The molecule has 0 saturated heterocycles. The van der Waals surface area contributed by atoms with E-state index in [4.69, 9.17) is 10.2 Å². The first-order valence-corrected chi connectivity index (χ1v) is 5.72. The standard InChI is InChI=1S/C12H23N3O/c1-14(2)6-4-7-15(3)10-11-5-8-16-12(11)9-13/h5,8H,4,6-7,9-10,13H2,1-3H3. The lowest BCUT2D eigenvalue weighted by atomic mass is 10.2. The van der Waals surface area contributed by atoms with Gasteiger partial charge in [-0.25, -0.2) is 0 Å². The molecule has 1 aromatic rings. The molecule has 92 valence electrons. The summed E-state index contributed by atoms with van der Waals surface area (Å²) in [7, 11) is 6.33. The van der Waals surface area contributed by atoms with Gasteiger partial charge >= 0.3 is 0 Å². The molecular formula is C12H23N3O. The van der Waals surface area contributed by atoms with Gasteiger partial charge in [-0.3, -0.25) is 0 Å². The molecule has 0 bridgehead atoms. The molecule has 0 aliphatic heterocycles. The number of hydrogen-bond donors (Lipinski definition) is 1. The zero-order valence-electron chi connectivity index (χ0n) is 10.6. The Kier molecular flexibility index (Phi) is 5.52. The van der Waals surface area contributed by atoms with Gasteiger partial charge in [-0.2, -0.15) is 0 Å². The van der Waals surface area contributed by atoms with Crippen molar-refractivity contribution in [3.8, 4) is 0 Å². The quantitative estimate of drug-likeness (QED) is 0.755. The lowest BCUT2D eigenvalue weighted by molar-refractivity contribution is 0.292. The molecule has 0 aliphatic carbocycles. The lowest BCUT2D eigenvalue weighted by Gasteiger charge is -2.17. The highest BCUT2D eigenvalue weighted by atomic mass is 16.3. The van der Waals surface area contributed by atoms with Gasteiger partial charge in [0.25, 0.3) is 0 Å². The minimum absolute atomic E-state index is 0.480. The van der Waals surface area contributed by atoms with E-state index in [1.54, 1.807) is 6.26 Å². The molecule has 0 spiro atoms. The smallest absolute Gasteiger partial charge is 0.121 e. The Balaban J connectivity index is 2.31. The fourth-order valence-corrected chi connectivity index (χ4v) is 1.71. The summed E-state index contributed by atoms with van der Waals surface area (Å²) in [6.07, 6.45) is 2.89. The molecule has 2 N–H and O–H groups in total. The van der Waals surface area contributed by atoms with Crippen molar-refractivity contribution >= 4 is 0 Å².